The van der Waals surface area contributed by atoms with Gasteiger partial charge in [-0.3, -0.25) is 19.2 Å². The number of nitrogens with one attached hydrogen (secondary N) is 2. The van der Waals surface area contributed by atoms with E-state index in [9.17, 15) is 32.3 Å². The summed E-state index contributed by atoms with van der Waals surface area (Å²) >= 11 is 1.27. The molecule has 4 N–H and O–H groups in total. The summed E-state index contributed by atoms with van der Waals surface area (Å²) in [6.07, 6.45) is -1.13. The first-order valence-electron chi connectivity index (χ1n) is 9.91. The number of primary amides is 1. The lowest BCUT2D eigenvalue weighted by Gasteiger charge is -2.11. The lowest BCUT2D eigenvalue weighted by atomic mass is 9.95. The van der Waals surface area contributed by atoms with Crippen LogP contribution in [0.2, 0.25) is 0 Å². The molecule has 0 bridgehead atoms. The molecule has 1 heterocycles. The highest BCUT2D eigenvalue weighted by Crippen LogP contribution is 2.37. The summed E-state index contributed by atoms with van der Waals surface area (Å²) in [5.41, 5.74) is 5.60. The number of aryl methyl sites for hydroxylation is 1. The van der Waals surface area contributed by atoms with Crippen LogP contribution in [0.3, 0.4) is 0 Å². The van der Waals surface area contributed by atoms with Crippen molar-refractivity contribution in [1.29, 1.82) is 0 Å². The highest BCUT2D eigenvalue weighted by Gasteiger charge is 2.30. The van der Waals surface area contributed by atoms with E-state index in [-0.39, 0.29) is 11.1 Å². The number of carbonyl (C=O) groups is 4. The SMILES string of the molecule is NC(=O)c1c(NC(=O)COC(=O)CNC(=O)c2ccc(C(F)(F)F)cc2)sc2c1CCCC2. The minimum atomic E-state index is -4.53. The predicted molar refractivity (Wildman–Crippen MR) is 113 cm³/mol. The number of hydrogen-bond donors (Lipinski definition) is 3. The number of nitrogens with two attached hydrogens (primary N) is 1. The number of halogens is 3. The van der Waals surface area contributed by atoms with Crippen molar-refractivity contribution in [2.24, 2.45) is 5.73 Å². The van der Waals surface area contributed by atoms with E-state index in [4.69, 9.17) is 10.5 Å². The summed E-state index contributed by atoms with van der Waals surface area (Å²) in [7, 11) is 0. The van der Waals surface area contributed by atoms with E-state index in [1.807, 2.05) is 0 Å². The van der Waals surface area contributed by atoms with Crippen LogP contribution >= 0.6 is 11.3 Å². The Morgan fingerprint density at radius 3 is 2.36 bits per heavy atom. The molecule has 0 fully saturated rings. The van der Waals surface area contributed by atoms with E-state index in [1.165, 1.54) is 11.3 Å². The molecule has 0 radical (unpaired) electrons. The largest absolute Gasteiger partial charge is 0.454 e. The second-order valence-electron chi connectivity index (χ2n) is 7.25. The summed E-state index contributed by atoms with van der Waals surface area (Å²) in [5, 5.41) is 5.05. The lowest BCUT2D eigenvalue weighted by Crippen LogP contribution is -2.32. The van der Waals surface area contributed by atoms with Gasteiger partial charge in [0.15, 0.2) is 6.61 Å². The van der Waals surface area contributed by atoms with Gasteiger partial charge in [-0.05, 0) is 55.5 Å². The fourth-order valence-electron chi connectivity index (χ4n) is 3.34. The van der Waals surface area contributed by atoms with Crippen molar-refractivity contribution in [1.82, 2.24) is 5.32 Å². The van der Waals surface area contributed by atoms with Crippen molar-refractivity contribution in [2.45, 2.75) is 31.9 Å². The Morgan fingerprint density at radius 1 is 1.06 bits per heavy atom. The molecule has 0 unspecified atom stereocenters. The zero-order chi connectivity index (χ0) is 24.2. The molecule has 1 aliphatic carbocycles. The van der Waals surface area contributed by atoms with E-state index >= 15 is 0 Å². The van der Waals surface area contributed by atoms with Crippen LogP contribution in [-0.4, -0.2) is 36.8 Å². The zero-order valence-corrected chi connectivity index (χ0v) is 18.0. The molecule has 33 heavy (non-hydrogen) atoms. The third-order valence-corrected chi connectivity index (χ3v) is 6.11. The highest BCUT2D eigenvalue weighted by atomic mass is 32.1. The Hall–Kier alpha value is -3.41. The van der Waals surface area contributed by atoms with E-state index in [2.05, 4.69) is 10.6 Å². The topological polar surface area (TPSA) is 128 Å². The predicted octanol–water partition coefficient (Wildman–Crippen LogP) is 2.66. The van der Waals surface area contributed by atoms with Crippen molar-refractivity contribution >= 4 is 40.0 Å². The van der Waals surface area contributed by atoms with Crippen LogP contribution in [-0.2, 0) is 33.3 Å². The molecule has 0 aliphatic heterocycles. The first kappa shape index (κ1) is 24.2. The average Bonchev–Trinajstić information content (AvgIpc) is 3.13. The Morgan fingerprint density at radius 2 is 1.73 bits per heavy atom. The number of alkyl halides is 3. The van der Waals surface area contributed by atoms with Gasteiger partial charge in [-0.1, -0.05) is 0 Å². The van der Waals surface area contributed by atoms with Gasteiger partial charge in [0, 0.05) is 10.4 Å². The van der Waals surface area contributed by atoms with Crippen LogP contribution in [0.15, 0.2) is 24.3 Å². The number of carbonyl (C=O) groups excluding carboxylic acids is 4. The van der Waals surface area contributed by atoms with Crippen molar-refractivity contribution in [2.75, 3.05) is 18.5 Å². The maximum Gasteiger partial charge on any atom is 0.416 e. The maximum absolute atomic E-state index is 12.6. The number of thiophene rings is 1. The summed E-state index contributed by atoms with van der Waals surface area (Å²) in [6.45, 7) is -1.25. The molecule has 0 spiro atoms. The van der Waals surface area contributed by atoms with Gasteiger partial charge in [0.25, 0.3) is 17.7 Å². The van der Waals surface area contributed by atoms with Gasteiger partial charge in [0.1, 0.15) is 11.5 Å². The second kappa shape index (κ2) is 10.0. The molecule has 3 rings (SSSR count). The molecule has 1 aliphatic rings. The van der Waals surface area contributed by atoms with E-state index in [1.54, 1.807) is 0 Å². The van der Waals surface area contributed by atoms with Gasteiger partial charge in [-0.25, -0.2) is 0 Å². The Kier molecular flexibility index (Phi) is 7.36. The van der Waals surface area contributed by atoms with Crippen molar-refractivity contribution < 1.29 is 37.1 Å². The number of benzene rings is 1. The molecule has 3 amide bonds. The summed E-state index contributed by atoms with van der Waals surface area (Å²) < 4.78 is 42.5. The average molecular weight is 483 g/mol. The third-order valence-electron chi connectivity index (χ3n) is 4.90. The highest BCUT2D eigenvalue weighted by molar-refractivity contribution is 7.17. The molecule has 2 aromatic rings. The Bertz CT molecular complexity index is 1080. The molecule has 176 valence electrons. The van der Waals surface area contributed by atoms with Crippen LogP contribution < -0.4 is 16.4 Å². The molecule has 0 saturated heterocycles. The molecule has 1 aromatic heterocycles. The minimum Gasteiger partial charge on any atom is -0.454 e. The van der Waals surface area contributed by atoms with Gasteiger partial charge in [-0.2, -0.15) is 13.2 Å². The Balaban J connectivity index is 1.48. The van der Waals surface area contributed by atoms with Gasteiger partial charge in [-0.15, -0.1) is 11.3 Å². The number of ether oxygens (including phenoxy) is 1. The fraction of sp³-hybridized carbons (Fsp3) is 0.333. The Labute approximate surface area is 190 Å². The van der Waals surface area contributed by atoms with Crippen LogP contribution in [0.4, 0.5) is 18.2 Å². The van der Waals surface area contributed by atoms with Crippen molar-refractivity contribution in [3.63, 3.8) is 0 Å². The molecule has 0 atom stereocenters. The van der Waals surface area contributed by atoms with Crippen molar-refractivity contribution in [3.8, 4) is 0 Å². The van der Waals surface area contributed by atoms with E-state index < -0.39 is 48.6 Å². The lowest BCUT2D eigenvalue weighted by molar-refractivity contribution is -0.146. The number of fused-ring (bicyclic) bond motifs is 1. The fourth-order valence-corrected chi connectivity index (χ4v) is 4.65. The molecule has 1 aromatic carbocycles. The second-order valence-corrected chi connectivity index (χ2v) is 8.35. The van der Waals surface area contributed by atoms with Crippen molar-refractivity contribution in [3.05, 3.63) is 51.4 Å². The number of esters is 1. The van der Waals surface area contributed by atoms with E-state index in [0.29, 0.717) is 11.4 Å². The smallest absolute Gasteiger partial charge is 0.416 e. The van der Waals surface area contributed by atoms with Crippen LogP contribution in [0.5, 0.6) is 0 Å². The molecule has 8 nitrogen and oxygen atoms in total. The first-order chi connectivity index (χ1) is 15.6. The standard InChI is InChI=1S/C21H20F3N3O5S/c22-21(23,24)12-7-5-11(6-8-12)19(31)26-9-16(29)32-10-15(28)27-20-17(18(25)30)13-3-1-2-4-14(13)33-20/h5-8H,1-4,9-10H2,(H2,25,30)(H,26,31)(H,27,28). The van der Waals surface area contributed by atoms with Gasteiger partial charge < -0.3 is 21.1 Å². The number of rotatable bonds is 7. The monoisotopic (exact) mass is 483 g/mol. The van der Waals surface area contributed by atoms with E-state index in [0.717, 1.165) is 54.0 Å². The number of hydrogen-bond acceptors (Lipinski definition) is 6. The zero-order valence-electron chi connectivity index (χ0n) is 17.2. The maximum atomic E-state index is 12.6. The van der Waals surface area contributed by atoms with Gasteiger partial charge >= 0.3 is 12.1 Å². The van der Waals surface area contributed by atoms with Crippen LogP contribution in [0.1, 0.15) is 49.6 Å². The quantitative estimate of drug-likeness (QED) is 0.522. The molecular formula is C21H20F3N3O5S. The molecule has 0 saturated carbocycles. The third kappa shape index (κ3) is 6.09. The summed E-state index contributed by atoms with van der Waals surface area (Å²) in [6, 6.07) is 3.46. The van der Waals surface area contributed by atoms with Crippen LogP contribution in [0.25, 0.3) is 0 Å². The number of amides is 3. The summed E-state index contributed by atoms with van der Waals surface area (Å²) in [4.78, 5) is 48.8. The normalized spacial score (nSPS) is 13.1. The first-order valence-corrected chi connectivity index (χ1v) is 10.7. The summed E-state index contributed by atoms with van der Waals surface area (Å²) in [5.74, 6) is -3.03. The van der Waals surface area contributed by atoms with Crippen LogP contribution in [0, 0.1) is 0 Å². The molecular weight excluding hydrogens is 463 g/mol. The van der Waals surface area contributed by atoms with Gasteiger partial charge in [0.2, 0.25) is 0 Å². The number of anilines is 1. The molecule has 12 heteroatoms. The minimum absolute atomic E-state index is 0.0748. The van der Waals surface area contributed by atoms with Gasteiger partial charge in [0.05, 0.1) is 11.1 Å².